The van der Waals surface area contributed by atoms with Gasteiger partial charge in [-0.25, -0.2) is 4.98 Å². The van der Waals surface area contributed by atoms with Crippen molar-refractivity contribution in [3.8, 4) is 5.75 Å². The summed E-state index contributed by atoms with van der Waals surface area (Å²) in [5.74, 6) is 1.86. The van der Waals surface area contributed by atoms with E-state index < -0.39 is 0 Å². The standard InChI is InChI=1S/C11H15BrN2O/c1-2-15-10-4-3-6-13-11(10)14-7-5-9(12)8-14/h3-4,6,9H,2,5,7-8H2,1H3. The lowest BCUT2D eigenvalue weighted by atomic mass is 10.4. The Morgan fingerprint density at radius 3 is 3.20 bits per heavy atom. The minimum absolute atomic E-state index is 0.578. The molecule has 1 aliphatic heterocycles. The Morgan fingerprint density at radius 1 is 1.67 bits per heavy atom. The average Bonchev–Trinajstić information content (AvgIpc) is 2.66. The van der Waals surface area contributed by atoms with Gasteiger partial charge in [-0.15, -0.1) is 0 Å². The summed E-state index contributed by atoms with van der Waals surface area (Å²) in [5, 5.41) is 0. The monoisotopic (exact) mass is 270 g/mol. The molecule has 0 N–H and O–H groups in total. The molecule has 1 aromatic rings. The van der Waals surface area contributed by atoms with E-state index in [0.29, 0.717) is 11.4 Å². The molecule has 15 heavy (non-hydrogen) atoms. The predicted molar refractivity (Wildman–Crippen MR) is 65.0 cm³/mol. The first kappa shape index (κ1) is 10.7. The minimum Gasteiger partial charge on any atom is -0.490 e. The van der Waals surface area contributed by atoms with Crippen molar-refractivity contribution in [1.29, 1.82) is 0 Å². The topological polar surface area (TPSA) is 25.4 Å². The van der Waals surface area contributed by atoms with Crippen LogP contribution < -0.4 is 9.64 Å². The first-order chi connectivity index (χ1) is 7.31. The van der Waals surface area contributed by atoms with Crippen LogP contribution in [0.4, 0.5) is 5.82 Å². The Kier molecular flexibility index (Phi) is 3.46. The molecule has 1 fully saturated rings. The van der Waals surface area contributed by atoms with Crippen molar-refractivity contribution in [2.24, 2.45) is 0 Å². The minimum atomic E-state index is 0.578. The fraction of sp³-hybridized carbons (Fsp3) is 0.545. The molecule has 0 spiro atoms. The van der Waals surface area contributed by atoms with Gasteiger partial charge < -0.3 is 9.64 Å². The number of aromatic nitrogens is 1. The SMILES string of the molecule is CCOc1cccnc1N1CCC(Br)C1. The fourth-order valence-electron chi connectivity index (χ4n) is 1.80. The summed E-state index contributed by atoms with van der Waals surface area (Å²) in [4.78, 5) is 7.24. The summed E-state index contributed by atoms with van der Waals surface area (Å²) in [6.45, 7) is 4.74. The van der Waals surface area contributed by atoms with Crippen molar-refractivity contribution in [3.05, 3.63) is 18.3 Å². The smallest absolute Gasteiger partial charge is 0.171 e. The Bertz CT molecular complexity index is 332. The van der Waals surface area contributed by atoms with Gasteiger partial charge in [-0.05, 0) is 25.5 Å². The zero-order chi connectivity index (χ0) is 10.7. The molecule has 0 aromatic carbocycles. The number of ether oxygens (including phenoxy) is 1. The molecule has 2 heterocycles. The highest BCUT2D eigenvalue weighted by Gasteiger charge is 2.23. The number of anilines is 1. The van der Waals surface area contributed by atoms with E-state index in [0.717, 1.165) is 24.7 Å². The number of rotatable bonds is 3. The molecular formula is C11H15BrN2O. The van der Waals surface area contributed by atoms with Gasteiger partial charge in [-0.3, -0.25) is 0 Å². The van der Waals surface area contributed by atoms with E-state index in [9.17, 15) is 0 Å². The van der Waals surface area contributed by atoms with Crippen LogP contribution in [0.5, 0.6) is 5.75 Å². The second-order valence-corrected chi connectivity index (χ2v) is 4.89. The third kappa shape index (κ3) is 2.43. The van der Waals surface area contributed by atoms with E-state index >= 15 is 0 Å². The number of halogens is 1. The number of hydrogen-bond donors (Lipinski definition) is 0. The van der Waals surface area contributed by atoms with E-state index in [2.05, 4.69) is 25.8 Å². The van der Waals surface area contributed by atoms with Gasteiger partial charge >= 0.3 is 0 Å². The van der Waals surface area contributed by atoms with Gasteiger partial charge in [0, 0.05) is 24.1 Å². The van der Waals surface area contributed by atoms with Crippen molar-refractivity contribution in [2.75, 3.05) is 24.6 Å². The molecule has 0 bridgehead atoms. The zero-order valence-corrected chi connectivity index (χ0v) is 10.4. The summed E-state index contributed by atoms with van der Waals surface area (Å²) in [5.41, 5.74) is 0. The number of alkyl halides is 1. The van der Waals surface area contributed by atoms with Gasteiger partial charge in [0.05, 0.1) is 6.61 Å². The molecule has 4 heteroatoms. The van der Waals surface area contributed by atoms with Crippen LogP contribution in [0.25, 0.3) is 0 Å². The van der Waals surface area contributed by atoms with Gasteiger partial charge in [-0.2, -0.15) is 0 Å². The predicted octanol–water partition coefficient (Wildman–Crippen LogP) is 2.45. The van der Waals surface area contributed by atoms with Crippen molar-refractivity contribution in [3.63, 3.8) is 0 Å². The Hall–Kier alpha value is -0.770. The van der Waals surface area contributed by atoms with Crippen LogP contribution in [0.15, 0.2) is 18.3 Å². The molecule has 1 aromatic heterocycles. The highest BCUT2D eigenvalue weighted by molar-refractivity contribution is 9.09. The van der Waals surface area contributed by atoms with Gasteiger partial charge in [-0.1, -0.05) is 15.9 Å². The highest BCUT2D eigenvalue weighted by atomic mass is 79.9. The van der Waals surface area contributed by atoms with E-state index in [4.69, 9.17) is 4.74 Å². The van der Waals surface area contributed by atoms with E-state index in [1.165, 1.54) is 6.42 Å². The van der Waals surface area contributed by atoms with Gasteiger partial charge in [0.25, 0.3) is 0 Å². The van der Waals surface area contributed by atoms with Crippen LogP contribution in [-0.4, -0.2) is 29.5 Å². The fourth-order valence-corrected chi connectivity index (χ4v) is 2.35. The molecule has 2 rings (SSSR count). The van der Waals surface area contributed by atoms with Crippen LogP contribution in [0, 0.1) is 0 Å². The molecule has 0 aliphatic carbocycles. The maximum Gasteiger partial charge on any atom is 0.171 e. The highest BCUT2D eigenvalue weighted by Crippen LogP contribution is 2.29. The Balaban J connectivity index is 2.19. The van der Waals surface area contributed by atoms with Crippen LogP contribution >= 0.6 is 15.9 Å². The summed E-state index contributed by atoms with van der Waals surface area (Å²) < 4.78 is 5.57. The Labute approximate surface area is 98.6 Å². The number of hydrogen-bond acceptors (Lipinski definition) is 3. The molecule has 0 radical (unpaired) electrons. The van der Waals surface area contributed by atoms with Gasteiger partial charge in [0.15, 0.2) is 11.6 Å². The molecule has 1 aliphatic rings. The number of nitrogens with zero attached hydrogens (tertiary/aromatic N) is 2. The first-order valence-corrected chi connectivity index (χ1v) is 6.19. The molecule has 82 valence electrons. The average molecular weight is 271 g/mol. The molecule has 1 unspecified atom stereocenters. The van der Waals surface area contributed by atoms with Crippen molar-refractivity contribution in [2.45, 2.75) is 18.2 Å². The van der Waals surface area contributed by atoms with Gasteiger partial charge in [0.2, 0.25) is 0 Å². The molecule has 1 atom stereocenters. The second kappa shape index (κ2) is 4.84. The molecule has 3 nitrogen and oxygen atoms in total. The van der Waals surface area contributed by atoms with Crippen LogP contribution in [0.1, 0.15) is 13.3 Å². The van der Waals surface area contributed by atoms with Crippen LogP contribution in [0.2, 0.25) is 0 Å². The summed E-state index contributed by atoms with van der Waals surface area (Å²) in [7, 11) is 0. The second-order valence-electron chi connectivity index (χ2n) is 3.59. The lowest BCUT2D eigenvalue weighted by molar-refractivity contribution is 0.339. The first-order valence-electron chi connectivity index (χ1n) is 5.28. The quantitative estimate of drug-likeness (QED) is 0.790. The van der Waals surface area contributed by atoms with Crippen molar-refractivity contribution >= 4 is 21.7 Å². The Morgan fingerprint density at radius 2 is 2.53 bits per heavy atom. The molecule has 1 saturated heterocycles. The third-order valence-electron chi connectivity index (χ3n) is 2.48. The normalized spacial score (nSPS) is 20.7. The van der Waals surface area contributed by atoms with E-state index in [1.54, 1.807) is 0 Å². The maximum atomic E-state index is 5.57. The molecule has 0 saturated carbocycles. The van der Waals surface area contributed by atoms with Gasteiger partial charge in [0.1, 0.15) is 0 Å². The molecule has 0 amide bonds. The lowest BCUT2D eigenvalue weighted by Crippen LogP contribution is -2.21. The number of pyridine rings is 1. The summed E-state index contributed by atoms with van der Waals surface area (Å²) in [6.07, 6.45) is 2.99. The summed E-state index contributed by atoms with van der Waals surface area (Å²) >= 11 is 3.63. The lowest BCUT2D eigenvalue weighted by Gasteiger charge is -2.19. The zero-order valence-electron chi connectivity index (χ0n) is 8.82. The largest absolute Gasteiger partial charge is 0.490 e. The third-order valence-corrected chi connectivity index (χ3v) is 3.23. The van der Waals surface area contributed by atoms with Crippen molar-refractivity contribution < 1.29 is 4.74 Å². The van der Waals surface area contributed by atoms with Crippen LogP contribution in [-0.2, 0) is 0 Å². The van der Waals surface area contributed by atoms with E-state index in [-0.39, 0.29) is 0 Å². The van der Waals surface area contributed by atoms with E-state index in [1.807, 2.05) is 25.3 Å². The molecular weight excluding hydrogens is 256 g/mol. The summed E-state index contributed by atoms with van der Waals surface area (Å²) in [6, 6.07) is 3.89. The van der Waals surface area contributed by atoms with Crippen molar-refractivity contribution in [1.82, 2.24) is 4.98 Å². The van der Waals surface area contributed by atoms with Crippen LogP contribution in [0.3, 0.4) is 0 Å². The maximum absolute atomic E-state index is 5.57.